The average Bonchev–Trinajstić information content (AvgIpc) is 2.08. The summed E-state index contributed by atoms with van der Waals surface area (Å²) >= 11 is 0. The molecule has 0 amide bonds. The molecule has 1 aliphatic rings. The molecule has 0 aromatic carbocycles. The highest BCUT2D eigenvalue weighted by Gasteiger charge is 2.28. The highest BCUT2D eigenvalue weighted by atomic mass is 16.5. The molecule has 0 aromatic rings. The first-order valence-electron chi connectivity index (χ1n) is 5.17. The normalized spacial score (nSPS) is 27.2. The van der Waals surface area contributed by atoms with E-state index >= 15 is 0 Å². The van der Waals surface area contributed by atoms with Crippen molar-refractivity contribution in [2.45, 2.75) is 31.8 Å². The van der Waals surface area contributed by atoms with Crippen molar-refractivity contribution in [2.75, 3.05) is 26.9 Å². The number of nitrogens with two attached hydrogens (primary N) is 1. The van der Waals surface area contributed by atoms with Crippen molar-refractivity contribution in [3.8, 4) is 0 Å². The second-order valence-electron chi connectivity index (χ2n) is 3.77. The van der Waals surface area contributed by atoms with Gasteiger partial charge < -0.3 is 15.2 Å². The molecule has 78 valence electrons. The lowest BCUT2D eigenvalue weighted by Crippen LogP contribution is -2.36. The molecule has 1 saturated carbocycles. The third-order valence-electron chi connectivity index (χ3n) is 2.62. The highest BCUT2D eigenvalue weighted by Crippen LogP contribution is 2.28. The zero-order chi connectivity index (χ0) is 9.52. The molecule has 0 aromatic heterocycles. The largest absolute Gasteiger partial charge is 0.385 e. The molecule has 1 rings (SSSR count). The maximum absolute atomic E-state index is 5.65. The molecule has 13 heavy (non-hydrogen) atoms. The third kappa shape index (κ3) is 4.07. The fraction of sp³-hybridized carbons (Fsp3) is 1.00. The molecular weight excluding hydrogens is 166 g/mol. The van der Waals surface area contributed by atoms with Crippen LogP contribution in [0.5, 0.6) is 0 Å². The Labute approximate surface area is 80.6 Å². The topological polar surface area (TPSA) is 44.5 Å². The van der Waals surface area contributed by atoms with Crippen molar-refractivity contribution in [3.63, 3.8) is 0 Å². The summed E-state index contributed by atoms with van der Waals surface area (Å²) in [6, 6.07) is 0. The fourth-order valence-corrected chi connectivity index (χ4v) is 1.60. The number of methoxy groups -OCH3 is 1. The van der Waals surface area contributed by atoms with Crippen molar-refractivity contribution in [1.29, 1.82) is 0 Å². The molecule has 0 atom stereocenters. The molecule has 3 nitrogen and oxygen atoms in total. The Bertz CT molecular complexity index is 124. The van der Waals surface area contributed by atoms with Gasteiger partial charge in [0.05, 0.1) is 6.10 Å². The molecule has 1 aliphatic carbocycles. The number of unbranched alkanes of at least 4 members (excludes halogenated alkanes) is 1. The standard InChI is InChI=1S/C10H21NO2/c1-12-4-2-3-5-13-10-6-9(7-10)8-11/h9-10H,2-8,11H2,1H3. The van der Waals surface area contributed by atoms with Gasteiger partial charge in [-0.25, -0.2) is 0 Å². The molecule has 0 heterocycles. The molecule has 0 aliphatic heterocycles. The first-order chi connectivity index (χ1) is 6.36. The quantitative estimate of drug-likeness (QED) is 0.608. The smallest absolute Gasteiger partial charge is 0.0581 e. The summed E-state index contributed by atoms with van der Waals surface area (Å²) in [6.07, 6.45) is 5.04. The van der Waals surface area contributed by atoms with E-state index in [1.54, 1.807) is 7.11 Å². The monoisotopic (exact) mass is 187 g/mol. The molecule has 0 spiro atoms. The molecule has 0 unspecified atom stereocenters. The molecule has 0 bridgehead atoms. The van der Waals surface area contributed by atoms with Gasteiger partial charge in [0.25, 0.3) is 0 Å². The first-order valence-corrected chi connectivity index (χ1v) is 5.17. The van der Waals surface area contributed by atoms with Crippen LogP contribution < -0.4 is 5.73 Å². The van der Waals surface area contributed by atoms with E-state index in [4.69, 9.17) is 15.2 Å². The Hall–Kier alpha value is -0.120. The van der Waals surface area contributed by atoms with Crippen molar-refractivity contribution < 1.29 is 9.47 Å². The van der Waals surface area contributed by atoms with Crippen LogP contribution in [0.1, 0.15) is 25.7 Å². The molecule has 2 N–H and O–H groups in total. The summed E-state index contributed by atoms with van der Waals surface area (Å²) in [6.45, 7) is 2.55. The van der Waals surface area contributed by atoms with Gasteiger partial charge in [-0.2, -0.15) is 0 Å². The Morgan fingerprint density at radius 3 is 2.54 bits per heavy atom. The van der Waals surface area contributed by atoms with Crippen molar-refractivity contribution >= 4 is 0 Å². The summed E-state index contributed by atoms with van der Waals surface area (Å²) in [5, 5.41) is 0. The third-order valence-corrected chi connectivity index (χ3v) is 2.62. The van der Waals surface area contributed by atoms with Gasteiger partial charge >= 0.3 is 0 Å². The predicted molar refractivity (Wildman–Crippen MR) is 52.6 cm³/mol. The highest BCUT2D eigenvalue weighted by molar-refractivity contribution is 4.80. The van der Waals surface area contributed by atoms with E-state index in [1.807, 2.05) is 0 Å². The maximum Gasteiger partial charge on any atom is 0.0581 e. The Kier molecular flexibility index (Phi) is 5.35. The van der Waals surface area contributed by atoms with Gasteiger partial charge in [-0.3, -0.25) is 0 Å². The van der Waals surface area contributed by atoms with E-state index in [9.17, 15) is 0 Å². The van der Waals surface area contributed by atoms with Gasteiger partial charge in [0, 0.05) is 20.3 Å². The summed E-state index contributed by atoms with van der Waals surface area (Å²) in [7, 11) is 1.73. The van der Waals surface area contributed by atoms with Gasteiger partial charge in [0.15, 0.2) is 0 Å². The molecule has 3 heteroatoms. The Morgan fingerprint density at radius 1 is 1.23 bits per heavy atom. The molecule has 1 fully saturated rings. The molecule has 0 saturated heterocycles. The lowest BCUT2D eigenvalue weighted by Gasteiger charge is -2.34. The lowest BCUT2D eigenvalue weighted by atomic mass is 9.82. The van der Waals surface area contributed by atoms with Gasteiger partial charge in [0.1, 0.15) is 0 Å². The summed E-state index contributed by atoms with van der Waals surface area (Å²) < 4.78 is 10.6. The van der Waals surface area contributed by atoms with Crippen LogP contribution in [0.25, 0.3) is 0 Å². The lowest BCUT2D eigenvalue weighted by molar-refractivity contribution is -0.0301. The van der Waals surface area contributed by atoms with Gasteiger partial charge in [-0.1, -0.05) is 0 Å². The predicted octanol–water partition coefficient (Wildman–Crippen LogP) is 1.17. The second-order valence-corrected chi connectivity index (χ2v) is 3.77. The zero-order valence-corrected chi connectivity index (χ0v) is 8.50. The fourth-order valence-electron chi connectivity index (χ4n) is 1.60. The van der Waals surface area contributed by atoms with Crippen LogP contribution in [0.15, 0.2) is 0 Å². The average molecular weight is 187 g/mol. The number of ether oxygens (including phenoxy) is 2. The van der Waals surface area contributed by atoms with Crippen LogP contribution in [-0.2, 0) is 9.47 Å². The van der Waals surface area contributed by atoms with E-state index in [1.165, 1.54) is 12.8 Å². The number of hydrogen-bond acceptors (Lipinski definition) is 3. The SMILES string of the molecule is COCCCCOC1CC(CN)C1. The van der Waals surface area contributed by atoms with Gasteiger partial charge in [0.2, 0.25) is 0 Å². The number of rotatable bonds is 7. The summed E-state index contributed by atoms with van der Waals surface area (Å²) in [5.41, 5.74) is 5.52. The van der Waals surface area contributed by atoms with Crippen LogP contribution in [-0.4, -0.2) is 33.0 Å². The van der Waals surface area contributed by atoms with Crippen molar-refractivity contribution in [3.05, 3.63) is 0 Å². The minimum atomic E-state index is 0.496. The minimum absolute atomic E-state index is 0.496. The van der Waals surface area contributed by atoms with Gasteiger partial charge in [-0.05, 0) is 38.1 Å². The van der Waals surface area contributed by atoms with Crippen LogP contribution in [0, 0.1) is 5.92 Å². The van der Waals surface area contributed by atoms with E-state index < -0.39 is 0 Å². The van der Waals surface area contributed by atoms with Crippen molar-refractivity contribution in [2.24, 2.45) is 11.7 Å². The van der Waals surface area contributed by atoms with E-state index in [2.05, 4.69) is 0 Å². The van der Waals surface area contributed by atoms with Crippen LogP contribution in [0.4, 0.5) is 0 Å². The van der Waals surface area contributed by atoms with Crippen LogP contribution in [0.2, 0.25) is 0 Å². The Balaban J connectivity index is 1.80. The van der Waals surface area contributed by atoms with Crippen LogP contribution >= 0.6 is 0 Å². The molecule has 0 radical (unpaired) electrons. The maximum atomic E-state index is 5.65. The minimum Gasteiger partial charge on any atom is -0.385 e. The van der Waals surface area contributed by atoms with E-state index in [0.29, 0.717) is 6.10 Å². The van der Waals surface area contributed by atoms with Crippen LogP contribution in [0.3, 0.4) is 0 Å². The number of hydrogen-bond donors (Lipinski definition) is 1. The Morgan fingerprint density at radius 2 is 1.92 bits per heavy atom. The van der Waals surface area contributed by atoms with Crippen molar-refractivity contribution in [1.82, 2.24) is 0 Å². The van der Waals surface area contributed by atoms with E-state index in [-0.39, 0.29) is 0 Å². The summed E-state index contributed by atoms with van der Waals surface area (Å²) in [4.78, 5) is 0. The molecular formula is C10H21NO2. The van der Waals surface area contributed by atoms with E-state index in [0.717, 1.165) is 38.5 Å². The summed E-state index contributed by atoms with van der Waals surface area (Å²) in [5.74, 6) is 0.726. The first kappa shape index (κ1) is 11.0. The zero-order valence-electron chi connectivity index (χ0n) is 8.50. The van der Waals surface area contributed by atoms with Gasteiger partial charge in [-0.15, -0.1) is 0 Å². The second kappa shape index (κ2) is 6.35.